The molecule has 3 aromatic rings. The summed E-state index contributed by atoms with van der Waals surface area (Å²) in [5, 5.41) is 0.109. The predicted molar refractivity (Wildman–Crippen MR) is 85.6 cm³/mol. The van der Waals surface area contributed by atoms with Gasteiger partial charge in [0.2, 0.25) is 0 Å². The summed E-state index contributed by atoms with van der Waals surface area (Å²) < 4.78 is 77.7. The number of aromatic nitrogens is 1. The molecule has 0 radical (unpaired) electrons. The first-order valence-electron chi connectivity index (χ1n) is 6.86. The van der Waals surface area contributed by atoms with Crippen LogP contribution in [0.1, 0.15) is 16.0 Å². The molecule has 2 heterocycles. The zero-order chi connectivity index (χ0) is 18.4. The summed E-state index contributed by atoms with van der Waals surface area (Å²) in [5.74, 6) is 0. The van der Waals surface area contributed by atoms with Gasteiger partial charge in [-0.3, -0.25) is 0 Å². The highest BCUT2D eigenvalue weighted by Gasteiger charge is 2.37. The summed E-state index contributed by atoms with van der Waals surface area (Å²) in [7, 11) is 0. The van der Waals surface area contributed by atoms with E-state index in [1.807, 2.05) is 19.1 Å². The van der Waals surface area contributed by atoms with E-state index in [1.165, 1.54) is 17.5 Å². The number of aryl methyl sites for hydroxylation is 1. The van der Waals surface area contributed by atoms with Crippen LogP contribution in [0.4, 0.5) is 26.3 Å². The van der Waals surface area contributed by atoms with Crippen LogP contribution in [0.25, 0.3) is 20.3 Å². The molecule has 2 aromatic heterocycles. The molecule has 0 atom stereocenters. The molecule has 0 aliphatic rings. The number of benzene rings is 1. The van der Waals surface area contributed by atoms with E-state index in [9.17, 15) is 26.3 Å². The summed E-state index contributed by atoms with van der Waals surface area (Å²) in [6.45, 7) is 1.90. The van der Waals surface area contributed by atoms with Crippen LogP contribution in [0.5, 0.6) is 0 Å². The summed E-state index contributed by atoms with van der Waals surface area (Å²) >= 11 is 2.53. The quantitative estimate of drug-likeness (QED) is 0.432. The molecule has 3 rings (SSSR count). The molecule has 0 saturated carbocycles. The smallest absolute Gasteiger partial charge is 0.244 e. The van der Waals surface area contributed by atoms with Crippen molar-refractivity contribution in [1.29, 1.82) is 0 Å². The summed E-state index contributed by atoms with van der Waals surface area (Å²) in [4.78, 5) is 6.61. The van der Waals surface area contributed by atoms with Crippen molar-refractivity contribution < 1.29 is 26.3 Å². The molecule has 1 aromatic carbocycles. The molecule has 9 heteroatoms. The minimum Gasteiger partial charge on any atom is -0.244 e. The van der Waals surface area contributed by atoms with Gasteiger partial charge in [-0.05, 0) is 37.3 Å². The first-order valence-corrected chi connectivity index (χ1v) is 8.50. The first kappa shape index (κ1) is 17.9. The Morgan fingerprint density at radius 2 is 1.40 bits per heavy atom. The minimum absolute atomic E-state index is 0.109. The number of halogens is 6. The van der Waals surface area contributed by atoms with Gasteiger partial charge in [-0.25, -0.2) is 4.98 Å². The standard InChI is InChI=1S/C16H9F6NS2/c1-8-2-3-12(24-8)13-7-23-14(25-13)9-4-10(15(17,18)19)6-11(5-9)16(20,21)22/h2-7H,1H3. The number of nitrogens with zero attached hydrogens (tertiary/aromatic N) is 1. The van der Waals surface area contributed by atoms with Crippen molar-refractivity contribution in [3.63, 3.8) is 0 Å². The van der Waals surface area contributed by atoms with E-state index in [1.54, 1.807) is 0 Å². The van der Waals surface area contributed by atoms with Crippen LogP contribution in [0.3, 0.4) is 0 Å². The highest BCUT2D eigenvalue weighted by Crippen LogP contribution is 2.41. The highest BCUT2D eigenvalue weighted by atomic mass is 32.1. The number of alkyl halides is 6. The Morgan fingerprint density at radius 1 is 0.800 bits per heavy atom. The predicted octanol–water partition coefficient (Wildman–Crippen LogP) is 6.88. The van der Waals surface area contributed by atoms with Gasteiger partial charge in [-0.2, -0.15) is 26.3 Å². The van der Waals surface area contributed by atoms with Crippen LogP contribution in [0.2, 0.25) is 0 Å². The lowest BCUT2D eigenvalue weighted by Crippen LogP contribution is -2.11. The van der Waals surface area contributed by atoms with E-state index in [0.29, 0.717) is 17.0 Å². The van der Waals surface area contributed by atoms with Gasteiger partial charge in [-0.1, -0.05) is 0 Å². The molecule has 0 aliphatic heterocycles. The van der Waals surface area contributed by atoms with Crippen LogP contribution in [-0.4, -0.2) is 4.98 Å². The van der Waals surface area contributed by atoms with Crippen LogP contribution < -0.4 is 0 Å². The van der Waals surface area contributed by atoms with Crippen molar-refractivity contribution in [1.82, 2.24) is 4.98 Å². The number of thiazole rings is 1. The van der Waals surface area contributed by atoms with Gasteiger partial charge in [0, 0.05) is 21.5 Å². The van der Waals surface area contributed by atoms with Crippen LogP contribution in [0.15, 0.2) is 36.5 Å². The van der Waals surface area contributed by atoms with Crippen LogP contribution >= 0.6 is 22.7 Å². The summed E-state index contributed by atoms with van der Waals surface area (Å²) in [5.41, 5.74) is -2.89. The molecular formula is C16H9F6NS2. The monoisotopic (exact) mass is 393 g/mol. The fourth-order valence-electron chi connectivity index (χ4n) is 2.17. The van der Waals surface area contributed by atoms with Crippen LogP contribution in [-0.2, 0) is 12.4 Å². The maximum Gasteiger partial charge on any atom is 0.416 e. The Kier molecular flexibility index (Phi) is 4.40. The van der Waals surface area contributed by atoms with Crippen molar-refractivity contribution >= 4 is 22.7 Å². The fourth-order valence-corrected chi connectivity index (χ4v) is 4.01. The molecule has 0 saturated heterocycles. The van der Waals surface area contributed by atoms with Gasteiger partial charge >= 0.3 is 12.4 Å². The van der Waals surface area contributed by atoms with Crippen LogP contribution in [0, 0.1) is 6.92 Å². The Hall–Kier alpha value is -1.87. The molecule has 1 nitrogen and oxygen atoms in total. The molecule has 0 unspecified atom stereocenters. The van der Waals surface area contributed by atoms with E-state index in [-0.39, 0.29) is 16.6 Å². The third-order valence-electron chi connectivity index (χ3n) is 3.32. The van der Waals surface area contributed by atoms with Crippen molar-refractivity contribution in [3.8, 4) is 20.3 Å². The van der Waals surface area contributed by atoms with E-state index < -0.39 is 23.5 Å². The summed E-state index contributed by atoms with van der Waals surface area (Å²) in [6.07, 6.45) is -8.29. The summed E-state index contributed by atoms with van der Waals surface area (Å²) in [6, 6.07) is 5.21. The maximum atomic E-state index is 12.9. The van der Waals surface area contributed by atoms with E-state index in [4.69, 9.17) is 0 Å². The Bertz CT molecular complexity index is 872. The van der Waals surface area contributed by atoms with Gasteiger partial charge in [-0.15, -0.1) is 22.7 Å². The third-order valence-corrected chi connectivity index (χ3v) is 5.57. The Morgan fingerprint density at radius 3 is 1.88 bits per heavy atom. The van der Waals surface area contributed by atoms with E-state index in [2.05, 4.69) is 4.98 Å². The van der Waals surface area contributed by atoms with Crippen molar-refractivity contribution in [3.05, 3.63) is 52.5 Å². The topological polar surface area (TPSA) is 12.9 Å². The molecule has 0 amide bonds. The number of hydrogen-bond donors (Lipinski definition) is 0. The minimum atomic E-state index is -4.87. The second-order valence-corrected chi connectivity index (χ2v) is 7.55. The zero-order valence-electron chi connectivity index (χ0n) is 12.5. The molecule has 0 aliphatic carbocycles. The Balaban J connectivity index is 2.09. The van der Waals surface area contributed by atoms with Gasteiger partial charge in [0.1, 0.15) is 5.01 Å². The second-order valence-electron chi connectivity index (χ2n) is 5.23. The number of hydrogen-bond acceptors (Lipinski definition) is 3. The highest BCUT2D eigenvalue weighted by molar-refractivity contribution is 7.23. The molecule has 0 bridgehead atoms. The van der Waals surface area contributed by atoms with Crippen molar-refractivity contribution in [2.45, 2.75) is 19.3 Å². The lowest BCUT2D eigenvalue weighted by molar-refractivity contribution is -0.143. The molecule has 0 N–H and O–H groups in total. The molecule has 0 spiro atoms. The average molecular weight is 393 g/mol. The first-order chi connectivity index (χ1) is 11.5. The number of thiophene rings is 1. The molecule has 25 heavy (non-hydrogen) atoms. The zero-order valence-corrected chi connectivity index (χ0v) is 14.1. The van der Waals surface area contributed by atoms with Gasteiger partial charge in [0.05, 0.1) is 16.0 Å². The van der Waals surface area contributed by atoms with Crippen molar-refractivity contribution in [2.75, 3.05) is 0 Å². The average Bonchev–Trinajstić information content (AvgIpc) is 3.13. The lowest BCUT2D eigenvalue weighted by Gasteiger charge is -2.13. The molecule has 0 fully saturated rings. The van der Waals surface area contributed by atoms with Gasteiger partial charge in [0.15, 0.2) is 0 Å². The normalized spacial score (nSPS) is 12.6. The molecule has 132 valence electrons. The largest absolute Gasteiger partial charge is 0.416 e. The van der Waals surface area contributed by atoms with E-state index >= 15 is 0 Å². The van der Waals surface area contributed by atoms with Gasteiger partial charge < -0.3 is 0 Å². The SMILES string of the molecule is Cc1ccc(-c2cnc(-c3cc(C(F)(F)F)cc(C(F)(F)F)c3)s2)s1. The maximum absolute atomic E-state index is 12.9. The molecular weight excluding hydrogens is 384 g/mol. The fraction of sp³-hybridized carbons (Fsp3) is 0.188. The van der Waals surface area contributed by atoms with Crippen molar-refractivity contribution in [2.24, 2.45) is 0 Å². The second kappa shape index (κ2) is 6.14. The third kappa shape index (κ3) is 3.87. The van der Waals surface area contributed by atoms with E-state index in [0.717, 1.165) is 21.1 Å². The van der Waals surface area contributed by atoms with Gasteiger partial charge in [0.25, 0.3) is 0 Å². The Labute approximate surface area is 146 Å². The number of rotatable bonds is 2. The lowest BCUT2D eigenvalue weighted by atomic mass is 10.1.